The Balaban J connectivity index is 2.96. The number of aromatic nitrogens is 1. The van der Waals surface area contributed by atoms with E-state index in [1.165, 1.54) is 12.3 Å². The molecule has 0 aliphatic rings. The fraction of sp³-hybridized carbons (Fsp3) is 0.286. The van der Waals surface area contributed by atoms with Crippen molar-refractivity contribution in [3.05, 3.63) is 23.8 Å². The number of nitrogens with zero attached hydrogens (tertiary/aromatic N) is 1. The van der Waals surface area contributed by atoms with Crippen molar-refractivity contribution in [3.8, 4) is 0 Å². The third-order valence-electron chi connectivity index (χ3n) is 1.57. The maximum absolute atomic E-state index is 12.6. The molecular formula is C7H11FN4. The minimum atomic E-state index is -0.678. The molecule has 0 spiro atoms. The van der Waals surface area contributed by atoms with Crippen LogP contribution in [0.4, 0.5) is 10.1 Å². The Hall–Kier alpha value is -1.20. The lowest BCUT2D eigenvalue weighted by Crippen LogP contribution is -2.21. The minimum Gasteiger partial charge on any atom is -0.395 e. The Bertz CT molecular complexity index is 276. The van der Waals surface area contributed by atoms with Crippen LogP contribution >= 0.6 is 0 Å². The van der Waals surface area contributed by atoms with Crippen LogP contribution in [0.1, 0.15) is 11.6 Å². The van der Waals surface area contributed by atoms with Crippen molar-refractivity contribution in [1.29, 1.82) is 0 Å². The number of nitrogens with two attached hydrogens (primary N) is 3. The number of anilines is 1. The Morgan fingerprint density at radius 3 is 2.75 bits per heavy atom. The van der Waals surface area contributed by atoms with Crippen LogP contribution in [0, 0.1) is 5.95 Å². The predicted octanol–water partition coefficient (Wildman–Crippen LogP) is -0.239. The maximum Gasteiger partial charge on any atom is 0.236 e. The standard InChI is InChI=1S/C7H11FN4/c8-7-5(10)1-4(3-12-7)6(11)2-9/h1,3,6H,2,9-11H2/t6-/m1/s1. The van der Waals surface area contributed by atoms with Gasteiger partial charge >= 0.3 is 0 Å². The molecule has 0 radical (unpaired) electrons. The average molecular weight is 170 g/mol. The third kappa shape index (κ3) is 1.69. The molecular weight excluding hydrogens is 159 g/mol. The molecule has 0 unspecified atom stereocenters. The van der Waals surface area contributed by atoms with Crippen LogP contribution in [-0.2, 0) is 0 Å². The second-order valence-corrected chi connectivity index (χ2v) is 2.49. The molecule has 0 fully saturated rings. The summed E-state index contributed by atoms with van der Waals surface area (Å²) >= 11 is 0. The Morgan fingerprint density at radius 2 is 2.25 bits per heavy atom. The maximum atomic E-state index is 12.6. The van der Waals surface area contributed by atoms with Crippen LogP contribution in [0.25, 0.3) is 0 Å². The molecule has 1 aromatic rings. The Morgan fingerprint density at radius 1 is 1.58 bits per heavy atom. The number of pyridine rings is 1. The van der Waals surface area contributed by atoms with Crippen LogP contribution < -0.4 is 17.2 Å². The fourth-order valence-electron chi connectivity index (χ4n) is 0.821. The van der Waals surface area contributed by atoms with Gasteiger partial charge in [-0.15, -0.1) is 0 Å². The van der Waals surface area contributed by atoms with E-state index in [0.717, 1.165) is 0 Å². The van der Waals surface area contributed by atoms with Gasteiger partial charge in [-0.25, -0.2) is 4.98 Å². The first kappa shape index (κ1) is 8.89. The molecule has 0 aliphatic carbocycles. The van der Waals surface area contributed by atoms with E-state index < -0.39 is 5.95 Å². The molecule has 0 amide bonds. The lowest BCUT2D eigenvalue weighted by Gasteiger charge is -2.08. The molecule has 66 valence electrons. The zero-order chi connectivity index (χ0) is 9.14. The van der Waals surface area contributed by atoms with E-state index >= 15 is 0 Å². The van der Waals surface area contributed by atoms with Gasteiger partial charge in [-0.3, -0.25) is 0 Å². The summed E-state index contributed by atoms with van der Waals surface area (Å²) < 4.78 is 12.6. The molecule has 1 aromatic heterocycles. The molecule has 1 atom stereocenters. The highest BCUT2D eigenvalue weighted by molar-refractivity contribution is 5.39. The van der Waals surface area contributed by atoms with E-state index in [1.54, 1.807) is 0 Å². The number of nitrogen functional groups attached to an aromatic ring is 1. The molecule has 0 aromatic carbocycles. The van der Waals surface area contributed by atoms with E-state index in [0.29, 0.717) is 5.56 Å². The SMILES string of the molecule is NC[C@@H](N)c1cnc(F)c(N)c1. The molecule has 1 heterocycles. The van der Waals surface area contributed by atoms with Gasteiger partial charge in [0, 0.05) is 18.8 Å². The van der Waals surface area contributed by atoms with E-state index in [1.807, 2.05) is 0 Å². The normalized spacial score (nSPS) is 12.9. The number of rotatable bonds is 2. The monoisotopic (exact) mass is 170 g/mol. The van der Waals surface area contributed by atoms with Crippen molar-refractivity contribution in [2.24, 2.45) is 11.5 Å². The molecule has 1 rings (SSSR count). The second-order valence-electron chi connectivity index (χ2n) is 2.49. The van der Waals surface area contributed by atoms with Crippen molar-refractivity contribution in [1.82, 2.24) is 4.98 Å². The highest BCUT2D eigenvalue weighted by Gasteiger charge is 2.06. The average Bonchev–Trinajstić information content (AvgIpc) is 2.08. The molecule has 0 saturated heterocycles. The van der Waals surface area contributed by atoms with Crippen LogP contribution in [0.2, 0.25) is 0 Å². The van der Waals surface area contributed by atoms with Crippen molar-refractivity contribution in [2.45, 2.75) is 6.04 Å². The topological polar surface area (TPSA) is 91.0 Å². The van der Waals surface area contributed by atoms with Gasteiger partial charge in [-0.2, -0.15) is 4.39 Å². The van der Waals surface area contributed by atoms with Gasteiger partial charge < -0.3 is 17.2 Å². The summed E-state index contributed by atoms with van der Waals surface area (Å²) in [6, 6.07) is 1.11. The Labute approximate surface area is 69.6 Å². The van der Waals surface area contributed by atoms with Gasteiger partial charge in [-0.1, -0.05) is 0 Å². The zero-order valence-corrected chi connectivity index (χ0v) is 6.50. The van der Waals surface area contributed by atoms with Crippen LogP contribution in [0.15, 0.2) is 12.3 Å². The first-order valence-corrected chi connectivity index (χ1v) is 3.51. The summed E-state index contributed by atoms with van der Waals surface area (Å²) in [4.78, 5) is 3.42. The number of hydrogen-bond donors (Lipinski definition) is 3. The number of halogens is 1. The third-order valence-corrected chi connectivity index (χ3v) is 1.57. The molecule has 4 nitrogen and oxygen atoms in total. The zero-order valence-electron chi connectivity index (χ0n) is 6.50. The van der Waals surface area contributed by atoms with Gasteiger partial charge in [-0.05, 0) is 11.6 Å². The first-order chi connectivity index (χ1) is 5.65. The Kier molecular flexibility index (Phi) is 2.57. The summed E-state index contributed by atoms with van der Waals surface area (Å²) in [7, 11) is 0. The lowest BCUT2D eigenvalue weighted by atomic mass is 10.1. The smallest absolute Gasteiger partial charge is 0.236 e. The van der Waals surface area contributed by atoms with Crippen LogP contribution in [-0.4, -0.2) is 11.5 Å². The lowest BCUT2D eigenvalue weighted by molar-refractivity contribution is 0.585. The summed E-state index contributed by atoms with van der Waals surface area (Å²) in [6.45, 7) is 0.284. The highest BCUT2D eigenvalue weighted by atomic mass is 19.1. The molecule has 6 N–H and O–H groups in total. The molecule has 0 aliphatic heterocycles. The quantitative estimate of drug-likeness (QED) is 0.534. The van der Waals surface area contributed by atoms with Gasteiger partial charge in [0.05, 0.1) is 5.69 Å². The van der Waals surface area contributed by atoms with E-state index in [4.69, 9.17) is 17.2 Å². The van der Waals surface area contributed by atoms with Crippen molar-refractivity contribution < 1.29 is 4.39 Å². The van der Waals surface area contributed by atoms with Gasteiger partial charge in [0.1, 0.15) is 0 Å². The van der Waals surface area contributed by atoms with Crippen LogP contribution in [0.5, 0.6) is 0 Å². The highest BCUT2D eigenvalue weighted by Crippen LogP contribution is 2.13. The first-order valence-electron chi connectivity index (χ1n) is 3.51. The summed E-state index contributed by atoms with van der Waals surface area (Å²) in [5.41, 5.74) is 16.8. The van der Waals surface area contributed by atoms with E-state index in [2.05, 4.69) is 4.98 Å². The molecule has 0 bridgehead atoms. The van der Waals surface area contributed by atoms with E-state index in [9.17, 15) is 4.39 Å². The molecule has 5 heteroatoms. The van der Waals surface area contributed by atoms with Crippen molar-refractivity contribution >= 4 is 5.69 Å². The number of hydrogen-bond acceptors (Lipinski definition) is 4. The second kappa shape index (κ2) is 3.46. The van der Waals surface area contributed by atoms with Gasteiger partial charge in [0.2, 0.25) is 5.95 Å². The molecule has 12 heavy (non-hydrogen) atoms. The largest absolute Gasteiger partial charge is 0.395 e. The van der Waals surface area contributed by atoms with Crippen molar-refractivity contribution in [2.75, 3.05) is 12.3 Å². The predicted molar refractivity (Wildman–Crippen MR) is 44.6 cm³/mol. The van der Waals surface area contributed by atoms with Gasteiger partial charge in [0.25, 0.3) is 0 Å². The van der Waals surface area contributed by atoms with E-state index in [-0.39, 0.29) is 18.3 Å². The van der Waals surface area contributed by atoms with Crippen LogP contribution in [0.3, 0.4) is 0 Å². The van der Waals surface area contributed by atoms with Crippen molar-refractivity contribution in [3.63, 3.8) is 0 Å². The minimum absolute atomic E-state index is 0.00333. The molecule has 0 saturated carbocycles. The summed E-state index contributed by atoms with van der Waals surface area (Å²) in [5, 5.41) is 0. The summed E-state index contributed by atoms with van der Waals surface area (Å²) in [6.07, 6.45) is 1.34. The summed E-state index contributed by atoms with van der Waals surface area (Å²) in [5.74, 6) is -0.678. The fourth-order valence-corrected chi connectivity index (χ4v) is 0.821. The van der Waals surface area contributed by atoms with Gasteiger partial charge in [0.15, 0.2) is 0 Å².